The van der Waals surface area contributed by atoms with Gasteiger partial charge in [-0.05, 0) is 60.2 Å². The van der Waals surface area contributed by atoms with E-state index in [-0.39, 0.29) is 18.1 Å². The molecule has 0 fully saturated rings. The van der Waals surface area contributed by atoms with Crippen LogP contribution in [0.3, 0.4) is 0 Å². The van der Waals surface area contributed by atoms with Crippen molar-refractivity contribution in [1.82, 2.24) is 0 Å². The summed E-state index contributed by atoms with van der Waals surface area (Å²) in [6.45, 7) is 4.09. The van der Waals surface area contributed by atoms with Gasteiger partial charge in [0, 0.05) is 29.2 Å². The zero-order chi connectivity index (χ0) is 20.5. The molecule has 4 rings (SSSR count). The molecule has 7 heteroatoms. The number of nitrogens with zero attached hydrogens (tertiary/aromatic N) is 1. The van der Waals surface area contributed by atoms with Gasteiger partial charge in [-0.15, -0.1) is 11.3 Å². The summed E-state index contributed by atoms with van der Waals surface area (Å²) in [5.41, 5.74) is 3.26. The molecule has 0 radical (unpaired) electrons. The Bertz CT molecular complexity index is 1140. The number of carbonyl (C=O) groups excluding carboxylic acids is 1. The molecular weight excluding hydrogens is 390 g/mol. The Morgan fingerprint density at radius 2 is 1.90 bits per heavy atom. The molecular formula is C22H17NO5S. The molecule has 0 aliphatic carbocycles. The van der Waals surface area contributed by atoms with E-state index in [2.05, 4.69) is 0 Å². The first-order chi connectivity index (χ1) is 13.9. The van der Waals surface area contributed by atoms with Crippen LogP contribution in [0.15, 0.2) is 53.6 Å². The molecule has 29 heavy (non-hydrogen) atoms. The smallest absolute Gasteiger partial charge is 0.269 e. The standard InChI is InChI=1S/C22H17NO5S/c1-13-7-8-29-20(13)11-19-22(24)21-14(2)9-17(10-18(21)28-19)27-12-15-3-5-16(6-4-15)23(25)26/h3-11H,12H2,1-2H3/b19-11-. The summed E-state index contributed by atoms with van der Waals surface area (Å²) in [6.07, 6.45) is 1.78. The third-order valence-electron chi connectivity index (χ3n) is 4.66. The summed E-state index contributed by atoms with van der Waals surface area (Å²) < 4.78 is 11.6. The lowest BCUT2D eigenvalue weighted by Crippen LogP contribution is -2.00. The summed E-state index contributed by atoms with van der Waals surface area (Å²) in [5, 5.41) is 12.7. The summed E-state index contributed by atoms with van der Waals surface area (Å²) >= 11 is 1.56. The highest BCUT2D eigenvalue weighted by Crippen LogP contribution is 2.38. The van der Waals surface area contributed by atoms with E-state index in [0.717, 1.165) is 21.6 Å². The number of nitro benzene ring substituents is 1. The van der Waals surface area contributed by atoms with Gasteiger partial charge in [-0.1, -0.05) is 0 Å². The Morgan fingerprint density at radius 3 is 2.55 bits per heavy atom. The quantitative estimate of drug-likeness (QED) is 0.318. The number of nitro groups is 1. The summed E-state index contributed by atoms with van der Waals surface area (Å²) in [5.74, 6) is 1.23. The molecule has 1 aliphatic rings. The Hall–Kier alpha value is -3.45. The second kappa shape index (κ2) is 7.52. The van der Waals surface area contributed by atoms with Gasteiger partial charge in [0.1, 0.15) is 18.1 Å². The van der Waals surface area contributed by atoms with E-state index in [1.165, 1.54) is 12.1 Å². The van der Waals surface area contributed by atoms with E-state index in [9.17, 15) is 14.9 Å². The summed E-state index contributed by atoms with van der Waals surface area (Å²) in [6, 6.07) is 11.7. The SMILES string of the molecule is Cc1ccsc1/C=C1\Oc2cc(OCc3ccc([N+](=O)[O-])cc3)cc(C)c2C1=O. The molecule has 1 aromatic heterocycles. The number of ether oxygens (including phenoxy) is 2. The molecule has 2 heterocycles. The number of fused-ring (bicyclic) bond motifs is 1. The molecule has 2 aromatic carbocycles. The van der Waals surface area contributed by atoms with Crippen LogP contribution >= 0.6 is 11.3 Å². The maximum atomic E-state index is 12.7. The number of non-ortho nitro benzene ring substituents is 1. The van der Waals surface area contributed by atoms with Crippen molar-refractivity contribution in [2.75, 3.05) is 0 Å². The molecule has 0 atom stereocenters. The molecule has 146 valence electrons. The van der Waals surface area contributed by atoms with E-state index >= 15 is 0 Å². The molecule has 0 saturated carbocycles. The maximum Gasteiger partial charge on any atom is 0.269 e. The lowest BCUT2D eigenvalue weighted by molar-refractivity contribution is -0.384. The van der Waals surface area contributed by atoms with Crippen molar-refractivity contribution in [3.63, 3.8) is 0 Å². The lowest BCUT2D eigenvalue weighted by atomic mass is 10.0. The predicted octanol–water partition coefficient (Wildman–Crippen LogP) is 5.47. The van der Waals surface area contributed by atoms with Gasteiger partial charge in [0.15, 0.2) is 5.76 Å². The fourth-order valence-electron chi connectivity index (χ4n) is 3.09. The van der Waals surface area contributed by atoms with Gasteiger partial charge in [-0.3, -0.25) is 14.9 Å². The number of aryl methyl sites for hydroxylation is 2. The summed E-state index contributed by atoms with van der Waals surface area (Å²) in [4.78, 5) is 24.0. The molecule has 0 N–H and O–H groups in total. The highest BCUT2D eigenvalue weighted by atomic mass is 32.1. The monoisotopic (exact) mass is 407 g/mol. The van der Waals surface area contributed by atoms with E-state index in [1.807, 2.05) is 25.3 Å². The minimum atomic E-state index is -0.439. The number of benzene rings is 2. The van der Waals surface area contributed by atoms with Gasteiger partial charge in [-0.2, -0.15) is 0 Å². The van der Waals surface area contributed by atoms with Gasteiger partial charge in [0.25, 0.3) is 5.69 Å². The van der Waals surface area contributed by atoms with Crippen LogP contribution < -0.4 is 9.47 Å². The number of ketones is 1. The molecule has 1 aliphatic heterocycles. The minimum absolute atomic E-state index is 0.0364. The van der Waals surface area contributed by atoms with Crippen molar-refractivity contribution in [3.05, 3.63) is 90.8 Å². The van der Waals surface area contributed by atoms with Crippen molar-refractivity contribution in [1.29, 1.82) is 0 Å². The van der Waals surface area contributed by atoms with E-state index in [4.69, 9.17) is 9.47 Å². The Balaban J connectivity index is 1.53. The first-order valence-electron chi connectivity index (χ1n) is 8.91. The van der Waals surface area contributed by atoms with Crippen LogP contribution in [0.1, 0.15) is 31.9 Å². The second-order valence-corrected chi connectivity index (χ2v) is 7.68. The van der Waals surface area contributed by atoms with E-state index in [1.54, 1.807) is 41.7 Å². The first-order valence-corrected chi connectivity index (χ1v) is 9.79. The van der Waals surface area contributed by atoms with Crippen LogP contribution in [0.4, 0.5) is 5.69 Å². The van der Waals surface area contributed by atoms with Crippen molar-refractivity contribution >= 4 is 28.9 Å². The average molecular weight is 407 g/mol. The van der Waals surface area contributed by atoms with Crippen LogP contribution in [0.25, 0.3) is 6.08 Å². The van der Waals surface area contributed by atoms with Crippen molar-refractivity contribution in [3.8, 4) is 11.5 Å². The number of thiophene rings is 1. The highest BCUT2D eigenvalue weighted by molar-refractivity contribution is 7.11. The van der Waals surface area contributed by atoms with Gasteiger partial charge in [0.2, 0.25) is 5.78 Å². The molecule has 0 saturated heterocycles. The number of carbonyl (C=O) groups is 1. The second-order valence-electron chi connectivity index (χ2n) is 6.73. The summed E-state index contributed by atoms with van der Waals surface area (Å²) in [7, 11) is 0. The zero-order valence-electron chi connectivity index (χ0n) is 15.8. The fraction of sp³-hybridized carbons (Fsp3) is 0.136. The highest BCUT2D eigenvalue weighted by Gasteiger charge is 2.30. The number of rotatable bonds is 5. The lowest BCUT2D eigenvalue weighted by Gasteiger charge is -2.09. The third kappa shape index (κ3) is 3.77. The zero-order valence-corrected chi connectivity index (χ0v) is 16.6. The number of hydrogen-bond donors (Lipinski definition) is 0. The molecule has 0 bridgehead atoms. The largest absolute Gasteiger partial charge is 0.489 e. The Kier molecular flexibility index (Phi) is 4.90. The van der Waals surface area contributed by atoms with Gasteiger partial charge >= 0.3 is 0 Å². The van der Waals surface area contributed by atoms with Crippen molar-refractivity contribution in [2.24, 2.45) is 0 Å². The molecule has 0 unspecified atom stereocenters. The van der Waals surface area contributed by atoms with Crippen LogP contribution in [0, 0.1) is 24.0 Å². The topological polar surface area (TPSA) is 78.7 Å². The molecule has 0 amide bonds. The first kappa shape index (κ1) is 18.9. The fourth-order valence-corrected chi connectivity index (χ4v) is 3.94. The Labute approximate surface area is 171 Å². The van der Waals surface area contributed by atoms with E-state index in [0.29, 0.717) is 22.8 Å². The van der Waals surface area contributed by atoms with Crippen molar-refractivity contribution in [2.45, 2.75) is 20.5 Å². The molecule has 6 nitrogen and oxygen atoms in total. The van der Waals surface area contributed by atoms with Crippen LogP contribution in [-0.2, 0) is 6.61 Å². The minimum Gasteiger partial charge on any atom is -0.489 e. The van der Waals surface area contributed by atoms with Gasteiger partial charge < -0.3 is 9.47 Å². The number of hydrogen-bond acceptors (Lipinski definition) is 6. The predicted molar refractivity (Wildman–Crippen MR) is 111 cm³/mol. The normalized spacial score (nSPS) is 14.0. The van der Waals surface area contributed by atoms with Crippen molar-refractivity contribution < 1.29 is 19.2 Å². The van der Waals surface area contributed by atoms with Gasteiger partial charge in [0.05, 0.1) is 10.5 Å². The number of Topliss-reactive ketones (excluding diaryl/α,β-unsaturated/α-hetero) is 1. The van der Waals surface area contributed by atoms with Gasteiger partial charge in [-0.25, -0.2) is 0 Å². The van der Waals surface area contributed by atoms with Crippen LogP contribution in [0.5, 0.6) is 11.5 Å². The third-order valence-corrected chi connectivity index (χ3v) is 5.63. The van der Waals surface area contributed by atoms with Crippen LogP contribution in [-0.4, -0.2) is 10.7 Å². The maximum absolute atomic E-state index is 12.7. The van der Waals surface area contributed by atoms with E-state index < -0.39 is 4.92 Å². The van der Waals surface area contributed by atoms with Crippen LogP contribution in [0.2, 0.25) is 0 Å². The number of allylic oxidation sites excluding steroid dienone is 1. The average Bonchev–Trinajstić information content (AvgIpc) is 3.24. The molecule has 0 spiro atoms. The molecule has 3 aromatic rings. The Morgan fingerprint density at radius 1 is 1.14 bits per heavy atom.